The maximum atomic E-state index is 12.4. The van der Waals surface area contributed by atoms with Gasteiger partial charge in [0.15, 0.2) is 0 Å². The lowest BCUT2D eigenvalue weighted by Crippen LogP contribution is -2.39. The zero-order valence-electron chi connectivity index (χ0n) is 17.2. The molecular formula is C23H26ClN5O2. The number of nitrogens with zero attached hydrogens (tertiary/aromatic N) is 3. The molecule has 1 amide bonds. The van der Waals surface area contributed by atoms with E-state index in [0.29, 0.717) is 12.5 Å². The molecule has 162 valence electrons. The number of hydrogen-bond acceptors (Lipinski definition) is 5. The molecule has 0 unspecified atom stereocenters. The van der Waals surface area contributed by atoms with Crippen LogP contribution < -0.4 is 10.2 Å². The maximum absolute atomic E-state index is 12.4. The van der Waals surface area contributed by atoms with Crippen molar-refractivity contribution in [3.8, 4) is 11.3 Å². The van der Waals surface area contributed by atoms with Crippen molar-refractivity contribution in [1.82, 2.24) is 15.2 Å². The molecule has 1 aliphatic carbocycles. The molecule has 3 heterocycles. The summed E-state index contributed by atoms with van der Waals surface area (Å²) in [5.74, 6) is 1.41. The number of ether oxygens (including phenoxy) is 1. The summed E-state index contributed by atoms with van der Waals surface area (Å²) in [7, 11) is 0. The van der Waals surface area contributed by atoms with Crippen molar-refractivity contribution in [1.29, 1.82) is 0 Å². The second kappa shape index (κ2) is 8.98. The molecule has 2 N–H and O–H groups in total. The maximum Gasteiger partial charge on any atom is 0.415 e. The van der Waals surface area contributed by atoms with E-state index in [4.69, 9.17) is 4.74 Å². The van der Waals surface area contributed by atoms with Crippen molar-refractivity contribution in [3.05, 3.63) is 60.9 Å². The molecule has 5 rings (SSSR count). The lowest BCUT2D eigenvalue weighted by Gasteiger charge is -2.35. The van der Waals surface area contributed by atoms with E-state index in [2.05, 4.69) is 32.6 Å². The third kappa shape index (κ3) is 4.51. The number of carbonyl (C=O) groups is 1. The Balaban J connectivity index is 0.00000231. The molecule has 2 aliphatic rings. The Labute approximate surface area is 187 Å². The molecule has 1 saturated carbocycles. The van der Waals surface area contributed by atoms with E-state index in [1.165, 1.54) is 0 Å². The molecule has 3 aromatic rings. The second-order valence-corrected chi connectivity index (χ2v) is 8.21. The number of amides is 1. The summed E-state index contributed by atoms with van der Waals surface area (Å²) in [4.78, 5) is 18.2. The molecule has 2 fully saturated rings. The summed E-state index contributed by atoms with van der Waals surface area (Å²) in [5, 5.41) is 10.9. The number of H-pyrrole nitrogens is 1. The Bertz CT molecular complexity index is 1000. The van der Waals surface area contributed by atoms with Gasteiger partial charge in [-0.3, -0.25) is 15.0 Å². The van der Waals surface area contributed by atoms with E-state index < -0.39 is 0 Å². The third-order valence-electron chi connectivity index (χ3n) is 6.18. The Morgan fingerprint density at radius 1 is 1.16 bits per heavy atom. The van der Waals surface area contributed by atoms with Gasteiger partial charge in [0.05, 0.1) is 24.1 Å². The Morgan fingerprint density at radius 3 is 2.71 bits per heavy atom. The fourth-order valence-electron chi connectivity index (χ4n) is 4.43. The third-order valence-corrected chi connectivity index (χ3v) is 6.18. The number of carbonyl (C=O) groups excluding carboxylic acids is 1. The fourth-order valence-corrected chi connectivity index (χ4v) is 4.43. The summed E-state index contributed by atoms with van der Waals surface area (Å²) < 4.78 is 5.84. The van der Waals surface area contributed by atoms with Crippen LogP contribution in [0.3, 0.4) is 0 Å². The first-order valence-electron chi connectivity index (χ1n) is 10.5. The van der Waals surface area contributed by atoms with Gasteiger partial charge in [0.1, 0.15) is 11.4 Å². The number of nitrogens with one attached hydrogen (secondary N) is 2. The highest BCUT2D eigenvalue weighted by Crippen LogP contribution is 2.40. The van der Waals surface area contributed by atoms with Gasteiger partial charge in [0, 0.05) is 18.8 Å². The highest BCUT2D eigenvalue weighted by Gasteiger charge is 2.47. The van der Waals surface area contributed by atoms with Crippen molar-refractivity contribution >= 4 is 30.0 Å². The van der Waals surface area contributed by atoms with Crippen molar-refractivity contribution in [2.45, 2.75) is 31.3 Å². The van der Waals surface area contributed by atoms with Gasteiger partial charge in [-0.05, 0) is 49.3 Å². The van der Waals surface area contributed by atoms with Crippen LogP contribution in [0.15, 0.2) is 60.9 Å². The van der Waals surface area contributed by atoms with Crippen LogP contribution in [0.25, 0.3) is 11.3 Å². The molecule has 8 heteroatoms. The number of halogens is 1. The van der Waals surface area contributed by atoms with E-state index in [1.807, 2.05) is 36.4 Å². The SMILES string of the molecule is Cl.O=C1OC2(CCC(CNc3cc(-c4ccccc4)[nH]n3)CC2)CN1c1cccnc1. The van der Waals surface area contributed by atoms with Gasteiger partial charge in [-0.25, -0.2) is 4.79 Å². The zero-order valence-corrected chi connectivity index (χ0v) is 18.0. The van der Waals surface area contributed by atoms with Crippen molar-refractivity contribution < 1.29 is 9.53 Å². The number of rotatable bonds is 5. The first kappa shape index (κ1) is 21.2. The molecule has 1 aromatic carbocycles. The number of aromatic nitrogens is 3. The minimum absolute atomic E-state index is 0. The number of benzene rings is 1. The van der Waals surface area contributed by atoms with E-state index in [9.17, 15) is 4.79 Å². The smallest absolute Gasteiger partial charge is 0.415 e. The normalized spacial score (nSPS) is 22.8. The van der Waals surface area contributed by atoms with E-state index in [-0.39, 0.29) is 24.1 Å². The van der Waals surface area contributed by atoms with Crippen molar-refractivity contribution in [2.75, 3.05) is 23.3 Å². The van der Waals surface area contributed by atoms with E-state index in [0.717, 1.165) is 55.0 Å². The quantitative estimate of drug-likeness (QED) is 0.591. The summed E-state index contributed by atoms with van der Waals surface area (Å²) in [6.45, 7) is 1.48. The Hall–Kier alpha value is -3.06. The van der Waals surface area contributed by atoms with Crippen LogP contribution in [-0.4, -0.2) is 40.0 Å². The topological polar surface area (TPSA) is 83.1 Å². The molecule has 0 atom stereocenters. The van der Waals surface area contributed by atoms with Gasteiger partial charge in [-0.2, -0.15) is 5.10 Å². The number of aromatic amines is 1. The molecule has 1 saturated heterocycles. The second-order valence-electron chi connectivity index (χ2n) is 8.21. The minimum atomic E-state index is -0.365. The van der Waals surface area contributed by atoms with Crippen LogP contribution in [0.2, 0.25) is 0 Å². The lowest BCUT2D eigenvalue weighted by molar-refractivity contribution is 0.0148. The van der Waals surface area contributed by atoms with Crippen LogP contribution in [0, 0.1) is 5.92 Å². The average molecular weight is 440 g/mol. The Morgan fingerprint density at radius 2 is 1.97 bits per heavy atom. The van der Waals surface area contributed by atoms with Crippen LogP contribution >= 0.6 is 12.4 Å². The number of anilines is 2. The summed E-state index contributed by atoms with van der Waals surface area (Å²) in [5.41, 5.74) is 2.57. The zero-order chi connectivity index (χ0) is 20.4. The highest BCUT2D eigenvalue weighted by molar-refractivity contribution is 5.90. The predicted octanol–water partition coefficient (Wildman–Crippen LogP) is 4.89. The lowest BCUT2D eigenvalue weighted by atomic mass is 9.78. The monoisotopic (exact) mass is 439 g/mol. The predicted molar refractivity (Wildman–Crippen MR) is 123 cm³/mol. The van der Waals surface area contributed by atoms with Gasteiger partial charge in [-0.1, -0.05) is 30.3 Å². The number of hydrogen-bond donors (Lipinski definition) is 2. The first-order chi connectivity index (χ1) is 14.7. The summed E-state index contributed by atoms with van der Waals surface area (Å²) in [6, 6.07) is 16.0. The molecule has 1 spiro atoms. The molecule has 31 heavy (non-hydrogen) atoms. The van der Waals surface area contributed by atoms with Crippen LogP contribution in [0.5, 0.6) is 0 Å². The number of pyridine rings is 1. The van der Waals surface area contributed by atoms with Gasteiger partial charge in [0.25, 0.3) is 0 Å². The standard InChI is InChI=1S/C23H25N5O2.ClH/c29-22-28(19-7-4-12-24-15-19)16-23(30-22)10-8-17(9-11-23)14-25-21-13-20(26-27-21)18-5-2-1-3-6-18;/h1-7,12-13,15,17H,8-11,14,16H2,(H2,25,26,27);1H. The van der Waals surface area contributed by atoms with Crippen LogP contribution in [0.1, 0.15) is 25.7 Å². The summed E-state index contributed by atoms with van der Waals surface area (Å²) in [6.07, 6.45) is 6.98. The van der Waals surface area contributed by atoms with Gasteiger partial charge >= 0.3 is 6.09 Å². The van der Waals surface area contributed by atoms with Crippen LogP contribution in [0.4, 0.5) is 16.3 Å². The average Bonchev–Trinajstić information content (AvgIpc) is 3.39. The van der Waals surface area contributed by atoms with Crippen molar-refractivity contribution in [3.63, 3.8) is 0 Å². The van der Waals surface area contributed by atoms with Crippen molar-refractivity contribution in [2.24, 2.45) is 5.92 Å². The van der Waals surface area contributed by atoms with Gasteiger partial charge in [-0.15, -0.1) is 12.4 Å². The molecule has 0 radical (unpaired) electrons. The van der Waals surface area contributed by atoms with E-state index in [1.54, 1.807) is 17.3 Å². The first-order valence-corrected chi connectivity index (χ1v) is 10.5. The van der Waals surface area contributed by atoms with Gasteiger partial charge < -0.3 is 10.1 Å². The molecule has 2 aromatic heterocycles. The Kier molecular flexibility index (Phi) is 6.13. The largest absolute Gasteiger partial charge is 0.441 e. The van der Waals surface area contributed by atoms with E-state index >= 15 is 0 Å². The van der Waals surface area contributed by atoms with Crippen LogP contribution in [-0.2, 0) is 4.74 Å². The minimum Gasteiger partial charge on any atom is -0.441 e. The molecular weight excluding hydrogens is 414 g/mol. The highest BCUT2D eigenvalue weighted by atomic mass is 35.5. The summed E-state index contributed by atoms with van der Waals surface area (Å²) >= 11 is 0. The molecule has 7 nitrogen and oxygen atoms in total. The van der Waals surface area contributed by atoms with Gasteiger partial charge in [0.2, 0.25) is 0 Å². The fraction of sp³-hybridized carbons (Fsp3) is 0.348. The molecule has 0 bridgehead atoms. The molecule has 1 aliphatic heterocycles.